The Morgan fingerprint density at radius 1 is 1.16 bits per heavy atom. The van der Waals surface area contributed by atoms with Crippen molar-refractivity contribution in [3.8, 4) is 11.5 Å². The molecule has 0 radical (unpaired) electrons. The van der Waals surface area contributed by atoms with Gasteiger partial charge < -0.3 is 14.8 Å². The fourth-order valence-corrected chi connectivity index (χ4v) is 2.93. The summed E-state index contributed by atoms with van der Waals surface area (Å²) in [6.45, 7) is 9.41. The molecule has 0 amide bonds. The van der Waals surface area contributed by atoms with E-state index < -0.39 is 0 Å². The fourth-order valence-electron chi connectivity index (χ4n) is 2.93. The zero-order valence-corrected chi connectivity index (χ0v) is 11.7. The molecule has 2 aliphatic rings. The molecule has 0 saturated carbocycles. The first-order valence-corrected chi connectivity index (χ1v) is 6.99. The third-order valence-corrected chi connectivity index (χ3v) is 4.05. The molecule has 0 unspecified atom stereocenters. The third kappa shape index (κ3) is 2.69. The van der Waals surface area contributed by atoms with Crippen LogP contribution in [0.25, 0.3) is 0 Å². The number of ether oxygens (including phenoxy) is 2. The first kappa shape index (κ1) is 12.8. The maximum atomic E-state index is 5.45. The van der Waals surface area contributed by atoms with Gasteiger partial charge in [0.2, 0.25) is 6.79 Å². The Balaban J connectivity index is 1.72. The lowest BCUT2D eigenvalue weighted by Gasteiger charge is -2.41. The van der Waals surface area contributed by atoms with Gasteiger partial charge >= 0.3 is 0 Å². The van der Waals surface area contributed by atoms with Gasteiger partial charge in [-0.3, -0.25) is 4.90 Å². The quantitative estimate of drug-likeness (QED) is 0.898. The van der Waals surface area contributed by atoms with Crippen LogP contribution in [0.5, 0.6) is 11.5 Å². The van der Waals surface area contributed by atoms with Gasteiger partial charge in [0.25, 0.3) is 0 Å². The van der Waals surface area contributed by atoms with Crippen LogP contribution in [0.15, 0.2) is 18.2 Å². The van der Waals surface area contributed by atoms with Gasteiger partial charge in [-0.2, -0.15) is 0 Å². The number of fused-ring (bicyclic) bond motifs is 1. The van der Waals surface area contributed by atoms with Gasteiger partial charge in [0.1, 0.15) is 0 Å². The number of hydrogen-bond acceptors (Lipinski definition) is 4. The molecule has 1 saturated heterocycles. The average Bonchev–Trinajstić information content (AvgIpc) is 2.87. The number of nitrogens with zero attached hydrogens (tertiary/aromatic N) is 1. The lowest BCUT2D eigenvalue weighted by atomic mass is 9.92. The molecular weight excluding hydrogens is 240 g/mol. The van der Waals surface area contributed by atoms with Crippen molar-refractivity contribution in [1.82, 2.24) is 10.2 Å². The molecule has 4 heteroatoms. The van der Waals surface area contributed by atoms with Crippen LogP contribution in [0.2, 0.25) is 0 Å². The molecule has 0 spiro atoms. The van der Waals surface area contributed by atoms with Crippen LogP contribution in [-0.2, 0) is 6.42 Å². The van der Waals surface area contributed by atoms with Crippen molar-refractivity contribution in [2.24, 2.45) is 0 Å². The zero-order valence-electron chi connectivity index (χ0n) is 11.7. The second kappa shape index (κ2) is 5.02. The zero-order chi connectivity index (χ0) is 13.3. The molecule has 1 fully saturated rings. The van der Waals surface area contributed by atoms with Crippen LogP contribution in [0.4, 0.5) is 0 Å². The van der Waals surface area contributed by atoms with E-state index in [9.17, 15) is 0 Å². The number of nitrogens with one attached hydrogen (secondary N) is 1. The summed E-state index contributed by atoms with van der Waals surface area (Å²) < 4.78 is 10.8. The molecule has 1 aromatic rings. The Kier molecular flexibility index (Phi) is 3.37. The summed E-state index contributed by atoms with van der Waals surface area (Å²) in [5.41, 5.74) is 1.49. The maximum Gasteiger partial charge on any atom is 0.231 e. The highest BCUT2D eigenvalue weighted by Gasteiger charge is 2.28. The predicted molar refractivity (Wildman–Crippen MR) is 74.8 cm³/mol. The Labute approximate surface area is 114 Å². The van der Waals surface area contributed by atoms with Crippen LogP contribution in [0, 0.1) is 0 Å². The van der Waals surface area contributed by atoms with Gasteiger partial charge in [-0.1, -0.05) is 6.07 Å². The van der Waals surface area contributed by atoms with E-state index in [0.717, 1.165) is 44.1 Å². The molecule has 0 aromatic heterocycles. The Hall–Kier alpha value is -1.26. The van der Waals surface area contributed by atoms with Crippen LogP contribution in [0.1, 0.15) is 19.4 Å². The van der Waals surface area contributed by atoms with Crippen LogP contribution in [0.3, 0.4) is 0 Å². The molecule has 104 valence electrons. The largest absolute Gasteiger partial charge is 0.454 e. The minimum absolute atomic E-state index is 0.176. The minimum Gasteiger partial charge on any atom is -0.454 e. The number of rotatable bonds is 3. The van der Waals surface area contributed by atoms with Crippen LogP contribution in [-0.4, -0.2) is 43.4 Å². The summed E-state index contributed by atoms with van der Waals surface area (Å²) >= 11 is 0. The topological polar surface area (TPSA) is 33.7 Å². The summed E-state index contributed by atoms with van der Waals surface area (Å²) in [5.74, 6) is 1.75. The Morgan fingerprint density at radius 3 is 2.68 bits per heavy atom. The van der Waals surface area contributed by atoms with Gasteiger partial charge in [0.15, 0.2) is 11.5 Å². The number of hydrogen-bond donors (Lipinski definition) is 1. The van der Waals surface area contributed by atoms with Crippen molar-refractivity contribution in [3.05, 3.63) is 23.8 Å². The van der Waals surface area contributed by atoms with E-state index in [2.05, 4.69) is 36.2 Å². The molecule has 2 heterocycles. The van der Waals surface area contributed by atoms with E-state index in [1.807, 2.05) is 6.07 Å². The molecule has 1 N–H and O–H groups in total. The maximum absolute atomic E-state index is 5.45. The highest BCUT2D eigenvalue weighted by atomic mass is 16.7. The number of piperazine rings is 1. The molecular formula is C15H22N2O2. The van der Waals surface area contributed by atoms with E-state index >= 15 is 0 Å². The summed E-state index contributed by atoms with van der Waals surface area (Å²) in [6.07, 6.45) is 1.03. The molecule has 4 nitrogen and oxygen atoms in total. The summed E-state index contributed by atoms with van der Waals surface area (Å²) in [7, 11) is 0. The Morgan fingerprint density at radius 2 is 1.89 bits per heavy atom. The smallest absolute Gasteiger partial charge is 0.231 e. The van der Waals surface area contributed by atoms with E-state index in [0.29, 0.717) is 6.79 Å². The van der Waals surface area contributed by atoms with Gasteiger partial charge in [0.05, 0.1) is 0 Å². The van der Waals surface area contributed by atoms with Gasteiger partial charge in [-0.25, -0.2) is 0 Å². The van der Waals surface area contributed by atoms with Crippen molar-refractivity contribution >= 4 is 0 Å². The molecule has 0 atom stereocenters. The van der Waals surface area contributed by atoms with Gasteiger partial charge in [-0.05, 0) is 38.0 Å². The minimum atomic E-state index is 0.176. The molecule has 19 heavy (non-hydrogen) atoms. The Bertz CT molecular complexity index is 453. The van der Waals surface area contributed by atoms with Crippen LogP contribution < -0.4 is 14.8 Å². The van der Waals surface area contributed by atoms with Crippen molar-refractivity contribution in [2.45, 2.75) is 25.8 Å². The standard InChI is InChI=1S/C15H22N2O2/c1-15(2,17-7-5-16-6-8-17)10-12-3-4-13-14(9-12)19-11-18-13/h3-4,9,16H,5-8,10-11H2,1-2H3. The fraction of sp³-hybridized carbons (Fsp3) is 0.600. The second-order valence-corrected chi connectivity index (χ2v) is 5.91. The highest BCUT2D eigenvalue weighted by molar-refractivity contribution is 5.44. The van der Waals surface area contributed by atoms with Gasteiger partial charge in [-0.15, -0.1) is 0 Å². The molecule has 2 aliphatic heterocycles. The van der Waals surface area contributed by atoms with Gasteiger partial charge in [0, 0.05) is 31.7 Å². The van der Waals surface area contributed by atoms with Crippen molar-refractivity contribution < 1.29 is 9.47 Å². The first-order valence-electron chi connectivity index (χ1n) is 6.99. The third-order valence-electron chi connectivity index (χ3n) is 4.05. The highest BCUT2D eigenvalue weighted by Crippen LogP contribution is 2.34. The number of benzene rings is 1. The lowest BCUT2D eigenvalue weighted by Crippen LogP contribution is -2.54. The normalized spacial score (nSPS) is 19.7. The molecule has 0 bridgehead atoms. The average molecular weight is 262 g/mol. The van der Waals surface area contributed by atoms with E-state index in [-0.39, 0.29) is 5.54 Å². The van der Waals surface area contributed by atoms with Crippen molar-refractivity contribution in [3.63, 3.8) is 0 Å². The lowest BCUT2D eigenvalue weighted by molar-refractivity contribution is 0.103. The molecule has 0 aliphatic carbocycles. The second-order valence-electron chi connectivity index (χ2n) is 5.91. The van der Waals surface area contributed by atoms with Crippen molar-refractivity contribution in [2.75, 3.05) is 33.0 Å². The first-order chi connectivity index (χ1) is 9.15. The van der Waals surface area contributed by atoms with Crippen molar-refractivity contribution in [1.29, 1.82) is 0 Å². The van der Waals surface area contributed by atoms with E-state index in [1.54, 1.807) is 0 Å². The monoisotopic (exact) mass is 262 g/mol. The van der Waals surface area contributed by atoms with E-state index in [1.165, 1.54) is 5.56 Å². The summed E-state index contributed by atoms with van der Waals surface area (Å²) in [6, 6.07) is 6.29. The summed E-state index contributed by atoms with van der Waals surface area (Å²) in [5, 5.41) is 3.41. The predicted octanol–water partition coefficient (Wildman–Crippen LogP) is 1.64. The molecule has 3 rings (SSSR count). The van der Waals surface area contributed by atoms with E-state index in [4.69, 9.17) is 9.47 Å². The van der Waals surface area contributed by atoms with Crippen LogP contribution >= 0.6 is 0 Å². The SMILES string of the molecule is CC(C)(Cc1ccc2c(c1)OCO2)N1CCNCC1. The molecule has 1 aromatic carbocycles. The summed E-state index contributed by atoms with van der Waals surface area (Å²) in [4.78, 5) is 2.56.